The van der Waals surface area contributed by atoms with Crippen LogP contribution in [-0.2, 0) is 0 Å². The van der Waals surface area contributed by atoms with Gasteiger partial charge in [0.2, 0.25) is 0 Å². The predicted molar refractivity (Wildman–Crippen MR) is 120 cm³/mol. The lowest BCUT2D eigenvalue weighted by Crippen LogP contribution is -2.43. The molecule has 0 aliphatic rings. The van der Waals surface area contributed by atoms with E-state index in [4.69, 9.17) is 9.26 Å². The number of ether oxygens (including phenoxy) is 1. The van der Waals surface area contributed by atoms with Gasteiger partial charge in [0.25, 0.3) is 0 Å². The van der Waals surface area contributed by atoms with Crippen molar-refractivity contribution in [2.75, 3.05) is 20.1 Å². The fourth-order valence-electron chi connectivity index (χ4n) is 2.98. The number of aliphatic imine (C=N–C) groups is 1. The molecule has 1 aromatic carbocycles. The van der Waals surface area contributed by atoms with E-state index in [2.05, 4.69) is 27.7 Å². The first-order valence-electron chi connectivity index (χ1n) is 9.24. The van der Waals surface area contributed by atoms with Gasteiger partial charge in [0.05, 0.1) is 12.2 Å². The van der Waals surface area contributed by atoms with Gasteiger partial charge in [0.15, 0.2) is 5.96 Å². The summed E-state index contributed by atoms with van der Waals surface area (Å²) in [4.78, 5) is 4.25. The molecule has 0 spiro atoms. The van der Waals surface area contributed by atoms with Crippen molar-refractivity contribution in [1.82, 2.24) is 15.8 Å². The highest BCUT2D eigenvalue weighted by atomic mass is 127. The Kier molecular flexibility index (Phi) is 10.3. The number of hydrogen-bond donors (Lipinski definition) is 2. The second-order valence-corrected chi connectivity index (χ2v) is 6.58. The summed E-state index contributed by atoms with van der Waals surface area (Å²) in [6, 6.07) is 6.19. The number of nitrogens with zero attached hydrogens (tertiary/aromatic N) is 2. The van der Waals surface area contributed by atoms with Crippen LogP contribution >= 0.6 is 24.0 Å². The van der Waals surface area contributed by atoms with Crippen molar-refractivity contribution in [3.63, 3.8) is 0 Å². The van der Waals surface area contributed by atoms with Crippen LogP contribution in [0.25, 0.3) is 0 Å². The molecule has 2 N–H and O–H groups in total. The van der Waals surface area contributed by atoms with Gasteiger partial charge in [-0.15, -0.1) is 24.0 Å². The molecule has 2 unspecified atom stereocenters. The van der Waals surface area contributed by atoms with Crippen LogP contribution in [-0.4, -0.2) is 37.4 Å². The summed E-state index contributed by atoms with van der Waals surface area (Å²) in [7, 11) is 1.73. The Hall–Kier alpha value is -1.84. The standard InChI is InChI=1S/C20H29FN4O2.HI/c1-6-17(26-18-9-7-8-16(21)10-18)12-24-20(22-5)23-11-13(2)19-14(3)25-27-15(19)4;/h7-10,13,17H,6,11-12H2,1-5H3,(H2,22,23,24);1H. The van der Waals surface area contributed by atoms with E-state index in [1.807, 2.05) is 20.8 Å². The Bertz CT molecular complexity index is 747. The summed E-state index contributed by atoms with van der Waals surface area (Å²) in [5.74, 6) is 1.99. The number of rotatable bonds is 8. The van der Waals surface area contributed by atoms with Crippen molar-refractivity contribution >= 4 is 29.9 Å². The van der Waals surface area contributed by atoms with Crippen molar-refractivity contribution in [1.29, 1.82) is 0 Å². The third-order valence-corrected chi connectivity index (χ3v) is 4.43. The molecule has 2 aromatic rings. The maximum atomic E-state index is 13.3. The number of benzene rings is 1. The molecule has 0 saturated carbocycles. The molecular formula is C20H30FIN4O2. The molecular weight excluding hydrogens is 474 g/mol. The zero-order valence-corrected chi connectivity index (χ0v) is 19.4. The van der Waals surface area contributed by atoms with E-state index in [1.54, 1.807) is 19.2 Å². The quantitative estimate of drug-likeness (QED) is 0.321. The molecule has 0 aliphatic carbocycles. The first-order chi connectivity index (χ1) is 12.9. The lowest BCUT2D eigenvalue weighted by molar-refractivity contribution is 0.198. The van der Waals surface area contributed by atoms with Gasteiger partial charge < -0.3 is 19.9 Å². The number of aryl methyl sites for hydroxylation is 2. The van der Waals surface area contributed by atoms with Crippen molar-refractivity contribution in [3.8, 4) is 5.75 Å². The van der Waals surface area contributed by atoms with Crippen molar-refractivity contribution in [2.24, 2.45) is 4.99 Å². The molecule has 0 radical (unpaired) electrons. The Morgan fingerprint density at radius 1 is 1.29 bits per heavy atom. The van der Waals surface area contributed by atoms with E-state index in [0.717, 1.165) is 23.4 Å². The first kappa shape index (κ1) is 24.2. The SMILES string of the molecule is CCC(CNC(=NC)NCC(C)c1c(C)noc1C)Oc1cccc(F)c1.I. The number of guanidine groups is 1. The van der Waals surface area contributed by atoms with Gasteiger partial charge in [-0.1, -0.05) is 25.1 Å². The van der Waals surface area contributed by atoms with Gasteiger partial charge in [-0.25, -0.2) is 4.39 Å². The van der Waals surface area contributed by atoms with E-state index < -0.39 is 0 Å². The second kappa shape index (κ2) is 11.9. The predicted octanol–water partition coefficient (Wildman–Crippen LogP) is 4.17. The third kappa shape index (κ3) is 6.96. The Balaban J connectivity index is 0.00000392. The van der Waals surface area contributed by atoms with Gasteiger partial charge in [-0.2, -0.15) is 0 Å². The Labute approximate surface area is 183 Å². The maximum absolute atomic E-state index is 13.3. The summed E-state index contributed by atoms with van der Waals surface area (Å²) < 4.78 is 24.4. The van der Waals surface area contributed by atoms with Crippen molar-refractivity contribution in [3.05, 3.63) is 47.1 Å². The molecule has 2 atom stereocenters. The molecule has 0 aliphatic heterocycles. The average molecular weight is 504 g/mol. The topological polar surface area (TPSA) is 71.7 Å². The molecule has 28 heavy (non-hydrogen) atoms. The maximum Gasteiger partial charge on any atom is 0.191 e. The van der Waals surface area contributed by atoms with Crippen molar-refractivity contribution in [2.45, 2.75) is 46.1 Å². The molecule has 0 amide bonds. The normalized spacial score (nSPS) is 13.4. The zero-order chi connectivity index (χ0) is 19.8. The Morgan fingerprint density at radius 2 is 2.00 bits per heavy atom. The number of halogens is 2. The molecule has 6 nitrogen and oxygen atoms in total. The molecule has 0 bridgehead atoms. The minimum atomic E-state index is -0.305. The van der Waals surface area contributed by atoms with Crippen LogP contribution in [0.2, 0.25) is 0 Å². The highest BCUT2D eigenvalue weighted by Crippen LogP contribution is 2.22. The van der Waals surface area contributed by atoms with Gasteiger partial charge in [-0.05, 0) is 32.4 Å². The fourth-order valence-corrected chi connectivity index (χ4v) is 2.98. The number of nitrogens with one attached hydrogen (secondary N) is 2. The van der Waals surface area contributed by atoms with Crippen LogP contribution in [0.4, 0.5) is 4.39 Å². The molecule has 1 aromatic heterocycles. The lowest BCUT2D eigenvalue weighted by Gasteiger charge is -2.21. The van der Waals surface area contributed by atoms with Crippen LogP contribution in [0, 0.1) is 19.7 Å². The summed E-state index contributed by atoms with van der Waals surface area (Å²) in [6.45, 7) is 9.28. The Morgan fingerprint density at radius 3 is 2.57 bits per heavy atom. The molecule has 8 heteroatoms. The van der Waals surface area contributed by atoms with Crippen LogP contribution in [0.5, 0.6) is 5.75 Å². The number of hydrogen-bond acceptors (Lipinski definition) is 4. The zero-order valence-electron chi connectivity index (χ0n) is 17.1. The third-order valence-electron chi connectivity index (χ3n) is 4.43. The van der Waals surface area contributed by atoms with Crippen LogP contribution in [0.1, 0.15) is 43.2 Å². The van der Waals surface area contributed by atoms with E-state index in [1.165, 1.54) is 12.1 Å². The highest BCUT2D eigenvalue weighted by Gasteiger charge is 2.17. The van der Waals surface area contributed by atoms with E-state index >= 15 is 0 Å². The minimum Gasteiger partial charge on any atom is -0.489 e. The van der Waals surface area contributed by atoms with Crippen LogP contribution in [0.15, 0.2) is 33.8 Å². The molecule has 156 valence electrons. The fraction of sp³-hybridized carbons (Fsp3) is 0.500. The lowest BCUT2D eigenvalue weighted by atomic mass is 10.00. The second-order valence-electron chi connectivity index (χ2n) is 6.58. The average Bonchev–Trinajstić information content (AvgIpc) is 2.99. The van der Waals surface area contributed by atoms with Crippen LogP contribution < -0.4 is 15.4 Å². The summed E-state index contributed by atoms with van der Waals surface area (Å²) in [5.41, 5.74) is 2.04. The molecule has 0 fully saturated rings. The first-order valence-corrected chi connectivity index (χ1v) is 9.24. The minimum absolute atomic E-state index is 0. The molecule has 1 heterocycles. The van der Waals surface area contributed by atoms with Gasteiger partial charge in [-0.3, -0.25) is 4.99 Å². The van der Waals surface area contributed by atoms with Gasteiger partial charge in [0, 0.05) is 31.1 Å². The molecule has 0 saturated heterocycles. The smallest absolute Gasteiger partial charge is 0.191 e. The van der Waals surface area contributed by atoms with E-state index in [0.29, 0.717) is 24.8 Å². The summed E-state index contributed by atoms with van der Waals surface area (Å²) in [5, 5.41) is 10.6. The van der Waals surface area contributed by atoms with Gasteiger partial charge >= 0.3 is 0 Å². The number of aromatic nitrogens is 1. The van der Waals surface area contributed by atoms with Gasteiger partial charge in [0.1, 0.15) is 23.4 Å². The van der Waals surface area contributed by atoms with Crippen LogP contribution in [0.3, 0.4) is 0 Å². The van der Waals surface area contributed by atoms with E-state index in [9.17, 15) is 4.39 Å². The molecule has 2 rings (SSSR count). The largest absolute Gasteiger partial charge is 0.489 e. The highest BCUT2D eigenvalue weighted by molar-refractivity contribution is 14.0. The summed E-state index contributed by atoms with van der Waals surface area (Å²) >= 11 is 0. The van der Waals surface area contributed by atoms with E-state index in [-0.39, 0.29) is 41.8 Å². The monoisotopic (exact) mass is 504 g/mol. The summed E-state index contributed by atoms with van der Waals surface area (Å²) in [6.07, 6.45) is 0.695. The van der Waals surface area contributed by atoms with Crippen molar-refractivity contribution < 1.29 is 13.7 Å².